The van der Waals surface area contributed by atoms with Crippen molar-refractivity contribution >= 4 is 11.7 Å². The first kappa shape index (κ1) is 14.0. The van der Waals surface area contributed by atoms with Gasteiger partial charge in [0.1, 0.15) is 5.82 Å². The Bertz CT molecular complexity index is 582. The summed E-state index contributed by atoms with van der Waals surface area (Å²) in [6.07, 6.45) is 2.14. The summed E-state index contributed by atoms with van der Waals surface area (Å²) in [6.45, 7) is 4.92. The average Bonchev–Trinajstić information content (AvgIpc) is 2.85. The predicted molar refractivity (Wildman–Crippen MR) is 73.5 cm³/mol. The normalized spacial score (nSPS) is 10.3. The fourth-order valence-corrected chi connectivity index (χ4v) is 1.68. The molecule has 0 aliphatic rings. The molecule has 2 heterocycles. The molecule has 2 aromatic rings. The molecule has 20 heavy (non-hydrogen) atoms. The molecule has 0 unspecified atom stereocenters. The van der Waals surface area contributed by atoms with Gasteiger partial charge in [0.2, 0.25) is 5.89 Å². The lowest BCUT2D eigenvalue weighted by Gasteiger charge is -2.06. The van der Waals surface area contributed by atoms with E-state index in [1.807, 2.05) is 6.92 Å². The number of hydrogen-bond donors (Lipinski definition) is 2. The van der Waals surface area contributed by atoms with Crippen molar-refractivity contribution in [3.8, 4) is 0 Å². The molecule has 2 N–H and O–H groups in total. The maximum absolute atomic E-state index is 12.0. The summed E-state index contributed by atoms with van der Waals surface area (Å²) in [4.78, 5) is 20.2. The summed E-state index contributed by atoms with van der Waals surface area (Å²) in [5.41, 5.74) is 0.570. The number of amides is 1. The average molecular weight is 275 g/mol. The van der Waals surface area contributed by atoms with Gasteiger partial charge in [-0.25, -0.2) is 4.98 Å². The van der Waals surface area contributed by atoms with E-state index in [-0.39, 0.29) is 5.91 Å². The van der Waals surface area contributed by atoms with Gasteiger partial charge >= 0.3 is 0 Å². The van der Waals surface area contributed by atoms with E-state index in [4.69, 9.17) is 4.52 Å². The lowest BCUT2D eigenvalue weighted by atomic mass is 10.2. The SMILES string of the molecule is CCNc1cc(C(=O)NCCc2noc(C)n2)ccn1. The van der Waals surface area contributed by atoms with Crippen LogP contribution in [0.3, 0.4) is 0 Å². The molecule has 7 heteroatoms. The molecule has 106 valence electrons. The topological polar surface area (TPSA) is 92.9 Å². The monoisotopic (exact) mass is 275 g/mol. The molecule has 0 bridgehead atoms. The molecule has 0 aromatic carbocycles. The van der Waals surface area contributed by atoms with Gasteiger partial charge in [-0.2, -0.15) is 4.98 Å². The lowest BCUT2D eigenvalue weighted by Crippen LogP contribution is -2.26. The van der Waals surface area contributed by atoms with Crippen LogP contribution >= 0.6 is 0 Å². The van der Waals surface area contributed by atoms with E-state index >= 15 is 0 Å². The van der Waals surface area contributed by atoms with E-state index in [0.29, 0.717) is 36.1 Å². The first-order valence-corrected chi connectivity index (χ1v) is 6.46. The number of nitrogens with one attached hydrogen (secondary N) is 2. The molecule has 0 saturated heterocycles. The van der Waals surface area contributed by atoms with Crippen molar-refractivity contribution in [2.45, 2.75) is 20.3 Å². The number of carbonyl (C=O) groups is 1. The zero-order valence-corrected chi connectivity index (χ0v) is 11.5. The molecule has 0 fully saturated rings. The van der Waals surface area contributed by atoms with Crippen molar-refractivity contribution in [3.63, 3.8) is 0 Å². The second-order valence-electron chi connectivity index (χ2n) is 4.20. The Morgan fingerprint density at radius 2 is 2.30 bits per heavy atom. The Morgan fingerprint density at radius 3 is 3.00 bits per heavy atom. The van der Waals surface area contributed by atoms with Crippen molar-refractivity contribution in [3.05, 3.63) is 35.6 Å². The van der Waals surface area contributed by atoms with Gasteiger partial charge in [0.15, 0.2) is 5.82 Å². The number of carbonyl (C=O) groups excluding carboxylic acids is 1. The van der Waals surface area contributed by atoms with Crippen molar-refractivity contribution in [2.75, 3.05) is 18.4 Å². The van der Waals surface area contributed by atoms with Crippen molar-refractivity contribution in [1.29, 1.82) is 0 Å². The van der Waals surface area contributed by atoms with E-state index in [1.54, 1.807) is 25.3 Å². The van der Waals surface area contributed by atoms with Crippen LogP contribution in [0, 0.1) is 6.92 Å². The Labute approximate surface area is 116 Å². The molecular weight excluding hydrogens is 258 g/mol. The summed E-state index contributed by atoms with van der Waals surface area (Å²) < 4.78 is 4.86. The summed E-state index contributed by atoms with van der Waals surface area (Å²) in [5, 5.41) is 9.64. The van der Waals surface area contributed by atoms with Crippen LogP contribution in [-0.2, 0) is 6.42 Å². The predicted octanol–water partition coefficient (Wildman–Crippen LogP) is 1.18. The molecule has 0 atom stereocenters. The first-order valence-electron chi connectivity index (χ1n) is 6.46. The summed E-state index contributed by atoms with van der Waals surface area (Å²) >= 11 is 0. The number of pyridine rings is 1. The molecule has 2 aromatic heterocycles. The van der Waals surface area contributed by atoms with E-state index in [1.165, 1.54) is 0 Å². The number of anilines is 1. The van der Waals surface area contributed by atoms with E-state index in [0.717, 1.165) is 6.54 Å². The molecule has 0 aliphatic heterocycles. The smallest absolute Gasteiger partial charge is 0.251 e. The van der Waals surface area contributed by atoms with Gasteiger partial charge in [0.25, 0.3) is 5.91 Å². The highest BCUT2D eigenvalue weighted by atomic mass is 16.5. The summed E-state index contributed by atoms with van der Waals surface area (Å²) in [6, 6.07) is 3.39. The van der Waals surface area contributed by atoms with Crippen molar-refractivity contribution in [2.24, 2.45) is 0 Å². The van der Waals surface area contributed by atoms with Crippen LogP contribution in [0.25, 0.3) is 0 Å². The van der Waals surface area contributed by atoms with Crippen molar-refractivity contribution in [1.82, 2.24) is 20.4 Å². The standard InChI is InChI=1S/C13H17N5O2/c1-3-14-12-8-10(4-6-15-12)13(19)16-7-5-11-17-9(2)20-18-11/h4,6,8H,3,5,7H2,1-2H3,(H,14,15)(H,16,19). The van der Waals surface area contributed by atoms with Crippen LogP contribution in [0.1, 0.15) is 29.0 Å². The third kappa shape index (κ3) is 3.78. The van der Waals surface area contributed by atoms with Crippen LogP contribution < -0.4 is 10.6 Å². The van der Waals surface area contributed by atoms with Gasteiger partial charge in [-0.15, -0.1) is 0 Å². The number of nitrogens with zero attached hydrogens (tertiary/aromatic N) is 3. The third-order valence-corrected chi connectivity index (χ3v) is 2.58. The van der Waals surface area contributed by atoms with Gasteiger partial charge in [-0.3, -0.25) is 4.79 Å². The number of aromatic nitrogens is 3. The largest absolute Gasteiger partial charge is 0.370 e. The molecule has 7 nitrogen and oxygen atoms in total. The summed E-state index contributed by atoms with van der Waals surface area (Å²) in [7, 11) is 0. The van der Waals surface area contributed by atoms with Gasteiger partial charge in [0, 0.05) is 38.2 Å². The molecule has 0 spiro atoms. The minimum absolute atomic E-state index is 0.147. The fraction of sp³-hybridized carbons (Fsp3) is 0.385. The van der Waals surface area contributed by atoms with Gasteiger partial charge in [0.05, 0.1) is 0 Å². The van der Waals surface area contributed by atoms with Crippen LogP contribution in [-0.4, -0.2) is 34.1 Å². The quantitative estimate of drug-likeness (QED) is 0.822. The van der Waals surface area contributed by atoms with Crippen LogP contribution in [0.15, 0.2) is 22.9 Å². The zero-order valence-electron chi connectivity index (χ0n) is 11.5. The highest BCUT2D eigenvalue weighted by molar-refractivity contribution is 5.94. The van der Waals surface area contributed by atoms with Gasteiger partial charge < -0.3 is 15.2 Å². The maximum Gasteiger partial charge on any atom is 0.251 e. The third-order valence-electron chi connectivity index (χ3n) is 2.58. The van der Waals surface area contributed by atoms with E-state index in [9.17, 15) is 4.79 Å². The minimum atomic E-state index is -0.147. The molecule has 0 saturated carbocycles. The van der Waals surface area contributed by atoms with Crippen LogP contribution in [0.4, 0.5) is 5.82 Å². The molecule has 0 aliphatic carbocycles. The van der Waals surface area contributed by atoms with Crippen LogP contribution in [0.2, 0.25) is 0 Å². The van der Waals surface area contributed by atoms with Gasteiger partial charge in [-0.1, -0.05) is 5.16 Å². The lowest BCUT2D eigenvalue weighted by molar-refractivity contribution is 0.0954. The van der Waals surface area contributed by atoms with Crippen LogP contribution in [0.5, 0.6) is 0 Å². The highest BCUT2D eigenvalue weighted by Gasteiger charge is 2.07. The maximum atomic E-state index is 12.0. The fourth-order valence-electron chi connectivity index (χ4n) is 1.68. The zero-order chi connectivity index (χ0) is 14.4. The summed E-state index contributed by atoms with van der Waals surface area (Å²) in [5.74, 6) is 1.65. The Kier molecular flexibility index (Phi) is 4.65. The number of rotatable bonds is 6. The van der Waals surface area contributed by atoms with E-state index < -0.39 is 0 Å². The Balaban J connectivity index is 1.86. The van der Waals surface area contributed by atoms with E-state index in [2.05, 4.69) is 25.8 Å². The Morgan fingerprint density at radius 1 is 1.45 bits per heavy atom. The number of hydrogen-bond acceptors (Lipinski definition) is 6. The van der Waals surface area contributed by atoms with Gasteiger partial charge in [-0.05, 0) is 19.1 Å². The molecule has 0 radical (unpaired) electrons. The molecule has 2 rings (SSSR count). The highest BCUT2D eigenvalue weighted by Crippen LogP contribution is 2.06. The molecular formula is C13H17N5O2. The first-order chi connectivity index (χ1) is 9.69. The number of aryl methyl sites for hydroxylation is 1. The minimum Gasteiger partial charge on any atom is -0.370 e. The molecule has 1 amide bonds. The Hall–Kier alpha value is -2.44. The van der Waals surface area contributed by atoms with Crippen molar-refractivity contribution < 1.29 is 9.32 Å². The second kappa shape index (κ2) is 6.65. The second-order valence-corrected chi connectivity index (χ2v) is 4.20.